The quantitative estimate of drug-likeness (QED) is 0.388. The molecule has 0 radical (unpaired) electrons. The van der Waals surface area contributed by atoms with Crippen molar-refractivity contribution < 1.29 is 24.6 Å². The Morgan fingerprint density at radius 3 is 2.33 bits per heavy atom. The van der Waals surface area contributed by atoms with Gasteiger partial charge in [0.1, 0.15) is 12.0 Å². The molecule has 2 aromatic carbocycles. The maximum Gasteiger partial charge on any atom is 0.313 e. The minimum absolute atomic E-state index is 0.00127. The molecule has 0 saturated heterocycles. The first-order valence-corrected chi connectivity index (χ1v) is 8.64. The van der Waals surface area contributed by atoms with E-state index in [-0.39, 0.29) is 18.6 Å². The van der Waals surface area contributed by atoms with Crippen LogP contribution in [0.5, 0.6) is 0 Å². The molecule has 0 saturated carbocycles. The highest BCUT2D eigenvalue weighted by molar-refractivity contribution is 5.97. The highest BCUT2D eigenvalue weighted by Gasteiger charge is 2.34. The van der Waals surface area contributed by atoms with Crippen LogP contribution in [0.4, 0.5) is 0 Å². The Morgan fingerprint density at radius 1 is 1.11 bits per heavy atom. The van der Waals surface area contributed by atoms with E-state index in [4.69, 9.17) is 0 Å². The summed E-state index contributed by atoms with van der Waals surface area (Å²) in [5.41, 5.74) is 1.40. The number of ketones is 1. The van der Waals surface area contributed by atoms with Crippen LogP contribution in [-0.4, -0.2) is 28.0 Å². The SMILES string of the molecule is CCC[C@H](O[N+](=O)[O-])[C@@H](C(=O)O)c1ccccc1CC(=O)c1ccccc1. The summed E-state index contributed by atoms with van der Waals surface area (Å²) >= 11 is 0. The lowest BCUT2D eigenvalue weighted by molar-refractivity contribution is -0.769. The molecule has 0 aliphatic carbocycles. The van der Waals surface area contributed by atoms with Gasteiger partial charge in [0.15, 0.2) is 5.78 Å². The molecular weight excluding hydrogens is 350 g/mol. The number of carboxylic acids is 1. The molecular formula is C20H21NO6. The zero-order valence-electron chi connectivity index (χ0n) is 14.9. The van der Waals surface area contributed by atoms with E-state index in [0.29, 0.717) is 23.1 Å². The molecule has 2 rings (SSSR count). The summed E-state index contributed by atoms with van der Waals surface area (Å²) in [4.78, 5) is 40.0. The topological polar surface area (TPSA) is 107 Å². The number of aliphatic carboxylic acids is 1. The second-order valence-electron chi connectivity index (χ2n) is 6.14. The highest BCUT2D eigenvalue weighted by Crippen LogP contribution is 2.29. The van der Waals surface area contributed by atoms with E-state index in [1.807, 2.05) is 0 Å². The third kappa shape index (κ3) is 5.37. The van der Waals surface area contributed by atoms with Crippen molar-refractivity contribution in [3.8, 4) is 0 Å². The predicted octanol–water partition coefficient (Wildman–Crippen LogP) is 3.66. The van der Waals surface area contributed by atoms with E-state index in [1.165, 1.54) is 0 Å². The van der Waals surface area contributed by atoms with Gasteiger partial charge in [-0.15, -0.1) is 10.1 Å². The van der Waals surface area contributed by atoms with Gasteiger partial charge in [-0.25, -0.2) is 0 Å². The van der Waals surface area contributed by atoms with Crippen LogP contribution in [-0.2, 0) is 16.1 Å². The fourth-order valence-corrected chi connectivity index (χ4v) is 3.07. The van der Waals surface area contributed by atoms with Crippen molar-refractivity contribution in [1.82, 2.24) is 0 Å². The number of hydrogen-bond acceptors (Lipinski definition) is 5. The summed E-state index contributed by atoms with van der Waals surface area (Å²) in [6.45, 7) is 1.79. The van der Waals surface area contributed by atoms with Gasteiger partial charge in [-0.2, -0.15) is 0 Å². The van der Waals surface area contributed by atoms with E-state index in [9.17, 15) is 24.8 Å². The van der Waals surface area contributed by atoms with Gasteiger partial charge in [-0.1, -0.05) is 67.9 Å². The van der Waals surface area contributed by atoms with Crippen molar-refractivity contribution in [2.75, 3.05) is 0 Å². The summed E-state index contributed by atoms with van der Waals surface area (Å²) in [6.07, 6.45) is -0.399. The smallest absolute Gasteiger partial charge is 0.313 e. The van der Waals surface area contributed by atoms with Gasteiger partial charge >= 0.3 is 5.97 Å². The molecule has 0 bridgehead atoms. The zero-order chi connectivity index (χ0) is 19.8. The average Bonchev–Trinajstić information content (AvgIpc) is 2.63. The Hall–Kier alpha value is -3.22. The van der Waals surface area contributed by atoms with Gasteiger partial charge in [-0.3, -0.25) is 9.59 Å². The molecule has 2 atom stereocenters. The average molecular weight is 371 g/mol. The van der Waals surface area contributed by atoms with Crippen LogP contribution < -0.4 is 0 Å². The van der Waals surface area contributed by atoms with Crippen molar-refractivity contribution in [1.29, 1.82) is 0 Å². The fraction of sp³-hybridized carbons (Fsp3) is 0.300. The van der Waals surface area contributed by atoms with Crippen molar-refractivity contribution in [2.24, 2.45) is 0 Å². The number of nitrogens with zero attached hydrogens (tertiary/aromatic N) is 1. The molecule has 0 heterocycles. The largest absolute Gasteiger partial charge is 0.481 e. The van der Waals surface area contributed by atoms with Crippen LogP contribution in [0.25, 0.3) is 0 Å². The van der Waals surface area contributed by atoms with E-state index in [2.05, 4.69) is 4.84 Å². The highest BCUT2D eigenvalue weighted by atomic mass is 17.0. The summed E-state index contributed by atoms with van der Waals surface area (Å²) < 4.78 is 0. The second-order valence-corrected chi connectivity index (χ2v) is 6.14. The molecule has 7 nitrogen and oxygen atoms in total. The number of Topliss-reactive ketones (excluding diaryl/α,β-unsaturated/α-hetero) is 1. The number of carboxylic acid groups (broad SMARTS) is 1. The third-order valence-corrected chi connectivity index (χ3v) is 4.27. The van der Waals surface area contributed by atoms with Crippen molar-refractivity contribution in [3.05, 3.63) is 81.4 Å². The molecule has 0 aliphatic heterocycles. The number of hydrogen-bond donors (Lipinski definition) is 1. The Balaban J connectivity index is 2.38. The van der Waals surface area contributed by atoms with Crippen LogP contribution in [0.3, 0.4) is 0 Å². The molecule has 2 aromatic rings. The molecule has 7 heteroatoms. The van der Waals surface area contributed by atoms with Crippen LogP contribution in [0.15, 0.2) is 54.6 Å². The Labute approximate surface area is 156 Å². The number of carbonyl (C=O) groups excluding carboxylic acids is 1. The van der Waals surface area contributed by atoms with E-state index >= 15 is 0 Å². The van der Waals surface area contributed by atoms with Crippen molar-refractivity contribution in [2.45, 2.75) is 38.2 Å². The van der Waals surface area contributed by atoms with Crippen LogP contribution in [0.2, 0.25) is 0 Å². The van der Waals surface area contributed by atoms with Gasteiger partial charge in [0.2, 0.25) is 0 Å². The van der Waals surface area contributed by atoms with Gasteiger partial charge in [0.05, 0.1) is 0 Å². The maximum absolute atomic E-state index is 12.5. The maximum atomic E-state index is 12.5. The monoisotopic (exact) mass is 371 g/mol. The molecule has 142 valence electrons. The molecule has 0 aliphatic rings. The first kappa shape index (κ1) is 20.1. The molecule has 0 fully saturated rings. The minimum atomic E-state index is -1.24. The van der Waals surface area contributed by atoms with E-state index in [0.717, 1.165) is 0 Å². The van der Waals surface area contributed by atoms with Gasteiger partial charge in [-0.05, 0) is 17.5 Å². The molecule has 27 heavy (non-hydrogen) atoms. The van der Waals surface area contributed by atoms with Gasteiger partial charge in [0, 0.05) is 12.0 Å². The van der Waals surface area contributed by atoms with E-state index < -0.39 is 23.1 Å². The summed E-state index contributed by atoms with van der Waals surface area (Å²) in [7, 11) is 0. The molecule has 1 N–H and O–H groups in total. The van der Waals surface area contributed by atoms with Crippen LogP contribution in [0, 0.1) is 10.1 Å². The van der Waals surface area contributed by atoms with Gasteiger partial charge < -0.3 is 9.94 Å². The standard InChI is InChI=1S/C20H21NO6/c1-2-8-18(27-21(25)26)19(20(23)24)16-12-7-6-11-15(16)13-17(22)14-9-4-3-5-10-14/h3-7,9-12,18-19H,2,8,13H2,1H3,(H,23,24)/t18-,19-/m0/s1. The minimum Gasteiger partial charge on any atom is -0.481 e. The summed E-state index contributed by atoms with van der Waals surface area (Å²) in [6, 6.07) is 15.3. The third-order valence-electron chi connectivity index (χ3n) is 4.27. The zero-order valence-corrected chi connectivity index (χ0v) is 14.9. The normalized spacial score (nSPS) is 12.8. The molecule has 0 spiro atoms. The number of benzene rings is 2. The van der Waals surface area contributed by atoms with Crippen molar-refractivity contribution in [3.63, 3.8) is 0 Å². The van der Waals surface area contributed by atoms with Crippen LogP contribution in [0.1, 0.15) is 47.2 Å². The summed E-state index contributed by atoms with van der Waals surface area (Å²) in [5.74, 6) is -2.63. The van der Waals surface area contributed by atoms with Crippen LogP contribution >= 0.6 is 0 Å². The Bertz CT molecular complexity index is 805. The first-order valence-electron chi connectivity index (χ1n) is 8.64. The molecule has 0 amide bonds. The number of carbonyl (C=O) groups is 2. The lowest BCUT2D eigenvalue weighted by Crippen LogP contribution is -2.31. The Morgan fingerprint density at radius 2 is 1.74 bits per heavy atom. The Kier molecular flexibility index (Phi) is 7.05. The predicted molar refractivity (Wildman–Crippen MR) is 98.1 cm³/mol. The van der Waals surface area contributed by atoms with Crippen molar-refractivity contribution >= 4 is 11.8 Å². The fourth-order valence-electron chi connectivity index (χ4n) is 3.07. The second kappa shape index (κ2) is 9.47. The summed E-state index contributed by atoms with van der Waals surface area (Å²) in [5, 5.41) is 19.6. The first-order chi connectivity index (χ1) is 12.9. The number of rotatable bonds is 10. The van der Waals surface area contributed by atoms with E-state index in [1.54, 1.807) is 61.5 Å². The lowest BCUT2D eigenvalue weighted by Gasteiger charge is -2.24. The van der Waals surface area contributed by atoms with Gasteiger partial charge in [0.25, 0.3) is 5.09 Å². The lowest BCUT2D eigenvalue weighted by atomic mass is 9.86. The molecule has 0 aromatic heterocycles. The molecule has 0 unspecified atom stereocenters.